The standard InChI is InChI=1S/C14H19NO2/c16-14(17)12-8-4-5-9-13(12)15-10-11-6-2-1-3-7-11/h1-3,6-7,12-13,15H,4-5,8-10H2,(H,16,17)/t12-,13+/m0/s1. The third-order valence-corrected chi connectivity index (χ3v) is 3.49. The Hall–Kier alpha value is -1.35. The van der Waals surface area contributed by atoms with Crippen LogP contribution in [0.4, 0.5) is 0 Å². The molecule has 1 aliphatic carbocycles. The minimum atomic E-state index is -0.657. The van der Waals surface area contributed by atoms with E-state index in [-0.39, 0.29) is 12.0 Å². The first-order valence-electron chi connectivity index (χ1n) is 6.27. The molecule has 0 aliphatic heterocycles. The van der Waals surface area contributed by atoms with Crippen LogP contribution in [0.3, 0.4) is 0 Å². The van der Waals surface area contributed by atoms with E-state index < -0.39 is 5.97 Å². The molecule has 2 atom stereocenters. The Balaban J connectivity index is 1.90. The van der Waals surface area contributed by atoms with Crippen molar-refractivity contribution in [3.63, 3.8) is 0 Å². The fourth-order valence-electron chi connectivity index (χ4n) is 2.52. The number of hydrogen-bond donors (Lipinski definition) is 2. The van der Waals surface area contributed by atoms with Gasteiger partial charge in [0.25, 0.3) is 0 Å². The van der Waals surface area contributed by atoms with Crippen molar-refractivity contribution in [2.24, 2.45) is 5.92 Å². The summed E-state index contributed by atoms with van der Waals surface area (Å²) in [5, 5.41) is 12.6. The van der Waals surface area contributed by atoms with E-state index in [4.69, 9.17) is 5.11 Å². The normalized spacial score (nSPS) is 24.5. The molecule has 1 aliphatic rings. The highest BCUT2D eigenvalue weighted by Crippen LogP contribution is 2.24. The van der Waals surface area contributed by atoms with E-state index >= 15 is 0 Å². The summed E-state index contributed by atoms with van der Waals surface area (Å²) in [5.41, 5.74) is 1.21. The van der Waals surface area contributed by atoms with Crippen LogP contribution in [0.25, 0.3) is 0 Å². The van der Waals surface area contributed by atoms with Crippen LogP contribution in [0.5, 0.6) is 0 Å². The van der Waals surface area contributed by atoms with E-state index in [1.54, 1.807) is 0 Å². The first kappa shape index (κ1) is 12.1. The molecule has 2 rings (SSSR count). The van der Waals surface area contributed by atoms with Crippen molar-refractivity contribution in [2.45, 2.75) is 38.3 Å². The molecule has 0 aromatic heterocycles. The lowest BCUT2D eigenvalue weighted by atomic mass is 9.84. The number of aliphatic carboxylic acids is 1. The Bertz CT molecular complexity index is 364. The number of nitrogens with one attached hydrogen (secondary N) is 1. The topological polar surface area (TPSA) is 49.3 Å². The van der Waals surface area contributed by atoms with Crippen LogP contribution < -0.4 is 5.32 Å². The SMILES string of the molecule is O=C(O)[C@H]1CCCC[C@H]1NCc1ccccc1. The summed E-state index contributed by atoms with van der Waals surface area (Å²) in [6, 6.07) is 10.3. The van der Waals surface area contributed by atoms with Crippen molar-refractivity contribution in [1.29, 1.82) is 0 Å². The number of rotatable bonds is 4. The second kappa shape index (κ2) is 5.82. The van der Waals surface area contributed by atoms with E-state index in [0.717, 1.165) is 32.2 Å². The van der Waals surface area contributed by atoms with Gasteiger partial charge in [0.05, 0.1) is 5.92 Å². The third-order valence-electron chi connectivity index (χ3n) is 3.49. The summed E-state index contributed by atoms with van der Waals surface area (Å²) in [5.74, 6) is -0.872. The van der Waals surface area contributed by atoms with Crippen molar-refractivity contribution in [3.8, 4) is 0 Å². The molecule has 0 heterocycles. The summed E-state index contributed by atoms with van der Waals surface area (Å²) < 4.78 is 0. The third kappa shape index (κ3) is 3.30. The Morgan fingerprint density at radius 3 is 2.65 bits per heavy atom. The van der Waals surface area contributed by atoms with Crippen molar-refractivity contribution in [1.82, 2.24) is 5.32 Å². The van der Waals surface area contributed by atoms with Crippen LogP contribution in [0, 0.1) is 5.92 Å². The summed E-state index contributed by atoms with van der Waals surface area (Å²) in [6.07, 6.45) is 3.96. The Labute approximate surface area is 102 Å². The summed E-state index contributed by atoms with van der Waals surface area (Å²) in [4.78, 5) is 11.1. The van der Waals surface area contributed by atoms with Gasteiger partial charge in [-0.1, -0.05) is 43.2 Å². The predicted molar refractivity (Wildman–Crippen MR) is 66.7 cm³/mol. The molecular weight excluding hydrogens is 214 g/mol. The Morgan fingerprint density at radius 1 is 1.24 bits per heavy atom. The number of benzene rings is 1. The van der Waals surface area contributed by atoms with Gasteiger partial charge in [-0.2, -0.15) is 0 Å². The average Bonchev–Trinajstić information content (AvgIpc) is 2.38. The summed E-state index contributed by atoms with van der Waals surface area (Å²) in [7, 11) is 0. The molecule has 3 heteroatoms. The van der Waals surface area contributed by atoms with Crippen LogP contribution in [0.1, 0.15) is 31.2 Å². The average molecular weight is 233 g/mol. The minimum Gasteiger partial charge on any atom is -0.481 e. The highest BCUT2D eigenvalue weighted by molar-refractivity contribution is 5.71. The van der Waals surface area contributed by atoms with Gasteiger partial charge in [0, 0.05) is 12.6 Å². The molecule has 92 valence electrons. The maximum atomic E-state index is 11.1. The van der Waals surface area contributed by atoms with Gasteiger partial charge in [0.2, 0.25) is 0 Å². The molecule has 17 heavy (non-hydrogen) atoms. The lowest BCUT2D eigenvalue weighted by molar-refractivity contribution is -0.143. The van der Waals surface area contributed by atoms with Crippen LogP contribution in [0.15, 0.2) is 30.3 Å². The molecule has 0 saturated heterocycles. The maximum absolute atomic E-state index is 11.1. The molecule has 0 bridgehead atoms. The molecule has 1 aromatic carbocycles. The molecule has 0 amide bonds. The highest BCUT2D eigenvalue weighted by atomic mass is 16.4. The van der Waals surface area contributed by atoms with Crippen molar-refractivity contribution < 1.29 is 9.90 Å². The maximum Gasteiger partial charge on any atom is 0.308 e. The van der Waals surface area contributed by atoms with Gasteiger partial charge in [0.15, 0.2) is 0 Å². The second-order valence-corrected chi connectivity index (χ2v) is 4.70. The first-order valence-corrected chi connectivity index (χ1v) is 6.27. The Morgan fingerprint density at radius 2 is 1.94 bits per heavy atom. The van der Waals surface area contributed by atoms with Gasteiger partial charge >= 0.3 is 5.97 Å². The van der Waals surface area contributed by atoms with Gasteiger partial charge in [-0.25, -0.2) is 0 Å². The van der Waals surface area contributed by atoms with Crippen molar-refractivity contribution >= 4 is 5.97 Å². The molecule has 3 nitrogen and oxygen atoms in total. The molecule has 0 radical (unpaired) electrons. The first-order chi connectivity index (χ1) is 8.27. The van der Waals surface area contributed by atoms with E-state index in [1.165, 1.54) is 5.56 Å². The van der Waals surface area contributed by atoms with Gasteiger partial charge < -0.3 is 10.4 Å². The monoisotopic (exact) mass is 233 g/mol. The zero-order valence-electron chi connectivity index (χ0n) is 9.93. The van der Waals surface area contributed by atoms with E-state index in [9.17, 15) is 4.79 Å². The molecule has 0 spiro atoms. The molecule has 1 aromatic rings. The van der Waals surface area contributed by atoms with Gasteiger partial charge in [-0.15, -0.1) is 0 Å². The van der Waals surface area contributed by atoms with Crippen molar-refractivity contribution in [2.75, 3.05) is 0 Å². The highest BCUT2D eigenvalue weighted by Gasteiger charge is 2.30. The molecule has 1 saturated carbocycles. The molecule has 0 unspecified atom stereocenters. The zero-order chi connectivity index (χ0) is 12.1. The van der Waals surface area contributed by atoms with E-state index in [1.807, 2.05) is 18.2 Å². The van der Waals surface area contributed by atoms with E-state index in [2.05, 4.69) is 17.4 Å². The summed E-state index contributed by atoms with van der Waals surface area (Å²) >= 11 is 0. The van der Waals surface area contributed by atoms with E-state index in [0.29, 0.717) is 0 Å². The quantitative estimate of drug-likeness (QED) is 0.839. The van der Waals surface area contributed by atoms with Gasteiger partial charge in [-0.05, 0) is 18.4 Å². The van der Waals surface area contributed by atoms with Gasteiger partial charge in [-0.3, -0.25) is 4.79 Å². The van der Waals surface area contributed by atoms with Gasteiger partial charge in [0.1, 0.15) is 0 Å². The second-order valence-electron chi connectivity index (χ2n) is 4.70. The largest absolute Gasteiger partial charge is 0.481 e. The van der Waals surface area contributed by atoms with Crippen LogP contribution in [-0.2, 0) is 11.3 Å². The number of carboxylic acids is 1. The number of hydrogen-bond acceptors (Lipinski definition) is 2. The fourth-order valence-corrected chi connectivity index (χ4v) is 2.52. The number of carbonyl (C=O) groups is 1. The molecule has 1 fully saturated rings. The zero-order valence-corrected chi connectivity index (χ0v) is 9.93. The predicted octanol–water partition coefficient (Wildman–Crippen LogP) is 2.42. The minimum absolute atomic E-state index is 0.126. The van der Waals surface area contributed by atoms with Crippen molar-refractivity contribution in [3.05, 3.63) is 35.9 Å². The number of carboxylic acid groups (broad SMARTS) is 1. The fraction of sp³-hybridized carbons (Fsp3) is 0.500. The smallest absolute Gasteiger partial charge is 0.308 e. The lowest BCUT2D eigenvalue weighted by Gasteiger charge is -2.29. The lowest BCUT2D eigenvalue weighted by Crippen LogP contribution is -2.41. The summed E-state index contributed by atoms with van der Waals surface area (Å²) in [6.45, 7) is 0.759. The molecular formula is C14H19NO2. The Kier molecular flexibility index (Phi) is 4.15. The van der Waals surface area contributed by atoms with Crippen LogP contribution >= 0.6 is 0 Å². The van der Waals surface area contributed by atoms with Crippen LogP contribution in [-0.4, -0.2) is 17.1 Å². The molecule has 2 N–H and O–H groups in total. The van der Waals surface area contributed by atoms with Crippen LogP contribution in [0.2, 0.25) is 0 Å².